The first-order valence-electron chi connectivity index (χ1n) is 6.72. The Bertz CT molecular complexity index is 347. The number of pyridine rings is 1. The minimum absolute atomic E-state index is 0.780. The third-order valence-electron chi connectivity index (χ3n) is 3.37. The summed E-state index contributed by atoms with van der Waals surface area (Å²) in [5.74, 6) is 1.74. The van der Waals surface area contributed by atoms with Gasteiger partial charge in [0.15, 0.2) is 0 Å². The molecule has 0 radical (unpaired) electrons. The molecule has 1 aliphatic rings. The van der Waals surface area contributed by atoms with Gasteiger partial charge in [0.05, 0.1) is 23.8 Å². The van der Waals surface area contributed by atoms with Crippen LogP contribution in [0, 0.1) is 11.8 Å². The van der Waals surface area contributed by atoms with Crippen molar-refractivity contribution in [2.24, 2.45) is 11.8 Å². The van der Waals surface area contributed by atoms with Gasteiger partial charge in [-0.3, -0.25) is 4.98 Å². The van der Waals surface area contributed by atoms with E-state index in [0.29, 0.717) is 0 Å². The normalized spacial score (nSPS) is 16.6. The number of hydrogen-bond donors (Lipinski definition) is 2. The van der Waals surface area contributed by atoms with Crippen LogP contribution in [0.15, 0.2) is 18.5 Å². The zero-order chi connectivity index (χ0) is 12.1. The summed E-state index contributed by atoms with van der Waals surface area (Å²) in [6.45, 7) is 6.56. The van der Waals surface area contributed by atoms with Gasteiger partial charge < -0.3 is 10.6 Å². The molecule has 1 fully saturated rings. The summed E-state index contributed by atoms with van der Waals surface area (Å²) in [6, 6.07) is 2.14. The van der Waals surface area contributed by atoms with Crippen molar-refractivity contribution in [3.8, 4) is 0 Å². The van der Waals surface area contributed by atoms with Gasteiger partial charge in [-0.1, -0.05) is 13.8 Å². The molecule has 1 heterocycles. The van der Waals surface area contributed by atoms with Gasteiger partial charge in [-0.2, -0.15) is 0 Å². The average molecular weight is 233 g/mol. The molecule has 3 heteroatoms. The molecule has 0 bridgehead atoms. The maximum Gasteiger partial charge on any atom is 0.0547 e. The summed E-state index contributed by atoms with van der Waals surface area (Å²) < 4.78 is 0. The van der Waals surface area contributed by atoms with Gasteiger partial charge in [0, 0.05) is 13.1 Å². The average Bonchev–Trinajstić information content (AvgIpc) is 3.18. The molecule has 2 rings (SSSR count). The fraction of sp³-hybridized carbons (Fsp3) is 0.643. The predicted octanol–water partition coefficient (Wildman–Crippen LogP) is 3.36. The molecule has 1 aromatic heterocycles. The topological polar surface area (TPSA) is 37.0 Å². The van der Waals surface area contributed by atoms with Gasteiger partial charge in [-0.15, -0.1) is 0 Å². The fourth-order valence-corrected chi connectivity index (χ4v) is 2.01. The molecule has 0 saturated heterocycles. The summed E-state index contributed by atoms with van der Waals surface area (Å²) in [6.07, 6.45) is 7.75. The Morgan fingerprint density at radius 2 is 2.00 bits per heavy atom. The smallest absolute Gasteiger partial charge is 0.0547 e. The van der Waals surface area contributed by atoms with Crippen LogP contribution in [0.25, 0.3) is 0 Å². The first-order valence-corrected chi connectivity index (χ1v) is 6.72. The minimum atomic E-state index is 0.780. The van der Waals surface area contributed by atoms with Crippen molar-refractivity contribution in [3.05, 3.63) is 18.5 Å². The Balaban J connectivity index is 1.82. The lowest BCUT2D eigenvalue weighted by atomic mass is 10.1. The van der Waals surface area contributed by atoms with Crippen LogP contribution in [0.3, 0.4) is 0 Å². The van der Waals surface area contributed by atoms with Crippen molar-refractivity contribution in [3.63, 3.8) is 0 Å². The Kier molecular flexibility index (Phi) is 4.24. The number of hydrogen-bond acceptors (Lipinski definition) is 3. The van der Waals surface area contributed by atoms with E-state index in [-0.39, 0.29) is 0 Å². The second-order valence-electron chi connectivity index (χ2n) is 5.08. The third-order valence-corrected chi connectivity index (χ3v) is 3.37. The van der Waals surface area contributed by atoms with Gasteiger partial charge in [0.25, 0.3) is 0 Å². The number of nitrogens with zero attached hydrogens (tertiary/aromatic N) is 1. The number of rotatable bonds is 7. The molecule has 1 atom stereocenters. The molecule has 0 spiro atoms. The summed E-state index contributed by atoms with van der Waals surface area (Å²) in [5, 5.41) is 6.84. The molecule has 94 valence electrons. The van der Waals surface area contributed by atoms with Gasteiger partial charge in [-0.25, -0.2) is 0 Å². The highest BCUT2D eigenvalue weighted by Gasteiger charge is 2.27. The molecule has 0 aromatic carbocycles. The van der Waals surface area contributed by atoms with Gasteiger partial charge in [0.2, 0.25) is 0 Å². The predicted molar refractivity (Wildman–Crippen MR) is 73.4 cm³/mol. The van der Waals surface area contributed by atoms with Crippen LogP contribution in [0.2, 0.25) is 0 Å². The molecule has 0 amide bonds. The van der Waals surface area contributed by atoms with Crippen molar-refractivity contribution in [1.82, 2.24) is 4.98 Å². The Hall–Kier alpha value is -1.25. The van der Waals surface area contributed by atoms with Gasteiger partial charge in [-0.05, 0) is 37.2 Å². The lowest BCUT2D eigenvalue weighted by Crippen LogP contribution is -2.13. The SMILES string of the molecule is CCCNc1cncc(NCC(C)C2CC2)c1. The van der Waals surface area contributed by atoms with Gasteiger partial charge in [0.1, 0.15) is 0 Å². The maximum atomic E-state index is 4.25. The standard InChI is InChI=1S/C14H23N3/c1-3-6-16-13-7-14(10-15-9-13)17-8-11(2)12-4-5-12/h7,9-12,16-17H,3-6,8H2,1-2H3. The van der Waals surface area contributed by atoms with Crippen LogP contribution >= 0.6 is 0 Å². The first-order chi connectivity index (χ1) is 8.29. The highest BCUT2D eigenvalue weighted by atomic mass is 14.9. The molecule has 1 unspecified atom stereocenters. The van der Waals surface area contributed by atoms with E-state index >= 15 is 0 Å². The second-order valence-corrected chi connectivity index (χ2v) is 5.08. The summed E-state index contributed by atoms with van der Waals surface area (Å²) in [4.78, 5) is 4.25. The van der Waals surface area contributed by atoms with Crippen LogP contribution < -0.4 is 10.6 Å². The van der Waals surface area contributed by atoms with Crippen molar-refractivity contribution in [2.75, 3.05) is 23.7 Å². The third kappa shape index (κ3) is 3.91. The Morgan fingerprint density at radius 1 is 1.29 bits per heavy atom. The van der Waals surface area contributed by atoms with Crippen LogP contribution in [0.5, 0.6) is 0 Å². The van der Waals surface area contributed by atoms with Crippen LogP contribution in [-0.4, -0.2) is 18.1 Å². The van der Waals surface area contributed by atoms with E-state index in [9.17, 15) is 0 Å². The van der Waals surface area contributed by atoms with E-state index in [1.54, 1.807) is 0 Å². The minimum Gasteiger partial charge on any atom is -0.384 e. The molecule has 17 heavy (non-hydrogen) atoms. The van der Waals surface area contributed by atoms with E-state index in [1.165, 1.54) is 12.8 Å². The summed E-state index contributed by atoms with van der Waals surface area (Å²) in [5.41, 5.74) is 2.23. The van der Waals surface area contributed by atoms with Crippen molar-refractivity contribution in [1.29, 1.82) is 0 Å². The van der Waals surface area contributed by atoms with E-state index in [2.05, 4.69) is 35.5 Å². The van der Waals surface area contributed by atoms with Gasteiger partial charge >= 0.3 is 0 Å². The van der Waals surface area contributed by atoms with Crippen LogP contribution in [-0.2, 0) is 0 Å². The van der Waals surface area contributed by atoms with Crippen molar-refractivity contribution in [2.45, 2.75) is 33.1 Å². The van der Waals surface area contributed by atoms with Crippen molar-refractivity contribution < 1.29 is 0 Å². The quantitative estimate of drug-likeness (QED) is 0.758. The highest BCUT2D eigenvalue weighted by molar-refractivity contribution is 5.53. The largest absolute Gasteiger partial charge is 0.384 e. The fourth-order valence-electron chi connectivity index (χ4n) is 2.01. The molecule has 3 nitrogen and oxygen atoms in total. The number of anilines is 2. The molecule has 1 saturated carbocycles. The van der Waals surface area contributed by atoms with E-state index in [4.69, 9.17) is 0 Å². The van der Waals surface area contributed by atoms with Crippen molar-refractivity contribution >= 4 is 11.4 Å². The summed E-state index contributed by atoms with van der Waals surface area (Å²) in [7, 11) is 0. The number of aromatic nitrogens is 1. The second kappa shape index (κ2) is 5.89. The monoisotopic (exact) mass is 233 g/mol. The molecule has 0 aliphatic heterocycles. The summed E-state index contributed by atoms with van der Waals surface area (Å²) >= 11 is 0. The number of nitrogens with one attached hydrogen (secondary N) is 2. The Morgan fingerprint density at radius 3 is 2.65 bits per heavy atom. The van der Waals surface area contributed by atoms with Crippen LogP contribution in [0.4, 0.5) is 11.4 Å². The maximum absolute atomic E-state index is 4.25. The molecule has 1 aromatic rings. The molecule has 2 N–H and O–H groups in total. The molecular formula is C14H23N3. The highest BCUT2D eigenvalue weighted by Crippen LogP contribution is 2.36. The Labute approximate surface area is 104 Å². The molecule has 1 aliphatic carbocycles. The van der Waals surface area contributed by atoms with E-state index in [1.807, 2.05) is 12.4 Å². The molecular weight excluding hydrogens is 210 g/mol. The van der Waals surface area contributed by atoms with Crippen LogP contribution in [0.1, 0.15) is 33.1 Å². The van der Waals surface area contributed by atoms with E-state index < -0.39 is 0 Å². The van der Waals surface area contributed by atoms with E-state index in [0.717, 1.165) is 42.7 Å². The zero-order valence-corrected chi connectivity index (χ0v) is 10.9. The lowest BCUT2D eigenvalue weighted by Gasteiger charge is -2.13. The zero-order valence-electron chi connectivity index (χ0n) is 10.9. The first kappa shape index (κ1) is 12.2. The lowest BCUT2D eigenvalue weighted by molar-refractivity contribution is 0.536.